The number of hydrogen-bond acceptors (Lipinski definition) is 2. The van der Waals surface area contributed by atoms with Crippen molar-refractivity contribution in [3.63, 3.8) is 0 Å². The first-order valence-electron chi connectivity index (χ1n) is 7.30. The summed E-state index contributed by atoms with van der Waals surface area (Å²) < 4.78 is 7.69. The third-order valence-electron chi connectivity index (χ3n) is 3.79. The highest BCUT2D eigenvalue weighted by Gasteiger charge is 2.30. The smallest absolute Gasteiger partial charge is 0.315 e. The lowest BCUT2D eigenvalue weighted by Gasteiger charge is -2.22. The van der Waals surface area contributed by atoms with E-state index in [0.717, 1.165) is 18.6 Å². The van der Waals surface area contributed by atoms with E-state index in [2.05, 4.69) is 24.5 Å². The van der Waals surface area contributed by atoms with E-state index in [1.54, 1.807) is 0 Å². The molecule has 5 nitrogen and oxygen atoms in total. The van der Waals surface area contributed by atoms with Crippen LogP contribution >= 0.6 is 0 Å². The maximum absolute atomic E-state index is 11.8. The number of nitrogens with one attached hydrogen (secondary N) is 2. The summed E-state index contributed by atoms with van der Waals surface area (Å²) >= 11 is 0. The van der Waals surface area contributed by atoms with Crippen molar-refractivity contribution in [2.75, 3.05) is 13.2 Å². The summed E-state index contributed by atoms with van der Waals surface area (Å²) in [6.07, 6.45) is 5.27. The largest absolute Gasteiger partial charge is 0.378 e. The molecule has 1 aromatic heterocycles. The fourth-order valence-corrected chi connectivity index (χ4v) is 2.74. The van der Waals surface area contributed by atoms with Gasteiger partial charge in [-0.3, -0.25) is 0 Å². The van der Waals surface area contributed by atoms with Crippen molar-refractivity contribution in [2.24, 2.45) is 18.9 Å². The van der Waals surface area contributed by atoms with Crippen molar-refractivity contribution in [3.05, 3.63) is 24.0 Å². The Morgan fingerprint density at radius 1 is 1.50 bits per heavy atom. The number of carbonyl (C=O) groups excluding carboxylic acids is 1. The molecule has 0 aliphatic carbocycles. The van der Waals surface area contributed by atoms with Crippen molar-refractivity contribution in [1.82, 2.24) is 15.2 Å². The number of aryl methyl sites for hydroxylation is 1. The first kappa shape index (κ1) is 14.9. The van der Waals surface area contributed by atoms with E-state index in [1.165, 1.54) is 0 Å². The Hall–Kier alpha value is -1.49. The molecule has 1 aliphatic rings. The molecule has 0 saturated carbocycles. The van der Waals surface area contributed by atoms with E-state index in [1.807, 2.05) is 30.1 Å². The molecule has 0 aromatic carbocycles. The number of amides is 2. The zero-order valence-corrected chi connectivity index (χ0v) is 12.6. The van der Waals surface area contributed by atoms with E-state index >= 15 is 0 Å². The number of rotatable bonds is 5. The monoisotopic (exact) mass is 279 g/mol. The number of hydrogen-bond donors (Lipinski definition) is 2. The van der Waals surface area contributed by atoms with Crippen LogP contribution < -0.4 is 10.6 Å². The van der Waals surface area contributed by atoms with Crippen LogP contribution in [0, 0.1) is 11.8 Å². The molecule has 2 heterocycles. The van der Waals surface area contributed by atoms with Crippen molar-refractivity contribution in [3.8, 4) is 0 Å². The molecule has 0 radical (unpaired) electrons. The van der Waals surface area contributed by atoms with E-state index < -0.39 is 0 Å². The summed E-state index contributed by atoms with van der Waals surface area (Å²) in [4.78, 5) is 11.8. The SMILES string of the molecule is CC(C)[C@H]1OCC[C@@H]1CNC(=O)NCc1ccn(C)c1. The molecule has 2 N–H and O–H groups in total. The Balaban J connectivity index is 1.69. The van der Waals surface area contributed by atoms with Gasteiger partial charge in [0.05, 0.1) is 6.10 Å². The van der Waals surface area contributed by atoms with E-state index in [0.29, 0.717) is 24.9 Å². The van der Waals surface area contributed by atoms with E-state index in [-0.39, 0.29) is 12.1 Å². The van der Waals surface area contributed by atoms with Gasteiger partial charge in [0.1, 0.15) is 0 Å². The van der Waals surface area contributed by atoms with Crippen LogP contribution in [0.4, 0.5) is 4.79 Å². The first-order valence-corrected chi connectivity index (χ1v) is 7.30. The van der Waals surface area contributed by atoms with Crippen LogP contribution in [0.25, 0.3) is 0 Å². The Morgan fingerprint density at radius 2 is 2.30 bits per heavy atom. The molecule has 2 amide bonds. The van der Waals surface area contributed by atoms with Crippen LogP contribution in [0.3, 0.4) is 0 Å². The van der Waals surface area contributed by atoms with E-state index in [4.69, 9.17) is 4.74 Å². The first-order chi connectivity index (χ1) is 9.56. The molecule has 1 aromatic rings. The summed E-state index contributed by atoms with van der Waals surface area (Å²) in [6.45, 7) is 6.38. The molecule has 1 fully saturated rings. The highest BCUT2D eigenvalue weighted by atomic mass is 16.5. The van der Waals surface area contributed by atoms with Crippen LogP contribution in [0.2, 0.25) is 0 Å². The Bertz CT molecular complexity index is 442. The molecule has 1 aliphatic heterocycles. The molecular formula is C15H25N3O2. The van der Waals surface area contributed by atoms with Gasteiger partial charge >= 0.3 is 6.03 Å². The third kappa shape index (κ3) is 4.00. The van der Waals surface area contributed by atoms with Gasteiger partial charge in [0.25, 0.3) is 0 Å². The lowest BCUT2D eigenvalue weighted by atomic mass is 9.93. The van der Waals surface area contributed by atoms with Gasteiger partial charge in [-0.1, -0.05) is 13.8 Å². The minimum atomic E-state index is -0.108. The second-order valence-electron chi connectivity index (χ2n) is 5.88. The normalized spacial score (nSPS) is 22.2. The van der Waals surface area contributed by atoms with Gasteiger partial charge in [0, 0.05) is 45.1 Å². The topological polar surface area (TPSA) is 55.3 Å². The highest BCUT2D eigenvalue weighted by molar-refractivity contribution is 5.73. The molecule has 0 spiro atoms. The molecule has 20 heavy (non-hydrogen) atoms. The summed E-state index contributed by atoms with van der Waals surface area (Å²) in [6, 6.07) is 1.89. The molecule has 0 bridgehead atoms. The van der Waals surface area contributed by atoms with Gasteiger partial charge in [-0.25, -0.2) is 4.79 Å². The van der Waals surface area contributed by atoms with Crippen LogP contribution in [0.5, 0.6) is 0 Å². The average molecular weight is 279 g/mol. The predicted octanol–water partition coefficient (Wildman–Crippen LogP) is 1.89. The van der Waals surface area contributed by atoms with Crippen LogP contribution in [-0.4, -0.2) is 29.9 Å². The van der Waals surface area contributed by atoms with Gasteiger partial charge in [-0.15, -0.1) is 0 Å². The minimum Gasteiger partial charge on any atom is -0.378 e. The number of urea groups is 1. The average Bonchev–Trinajstić information content (AvgIpc) is 3.02. The molecule has 5 heteroatoms. The Kier molecular flexibility index (Phi) is 5.06. The Morgan fingerprint density at radius 3 is 2.95 bits per heavy atom. The summed E-state index contributed by atoms with van der Waals surface area (Å²) in [5.74, 6) is 0.925. The molecule has 2 atom stereocenters. The van der Waals surface area contributed by atoms with Crippen molar-refractivity contribution in [1.29, 1.82) is 0 Å². The van der Waals surface area contributed by atoms with Crippen LogP contribution in [-0.2, 0) is 18.3 Å². The molecule has 112 valence electrons. The molecule has 1 saturated heterocycles. The third-order valence-corrected chi connectivity index (χ3v) is 3.79. The molecule has 0 unspecified atom stereocenters. The highest BCUT2D eigenvalue weighted by Crippen LogP contribution is 2.25. The standard InChI is InChI=1S/C15H25N3O2/c1-11(2)14-13(5-7-20-14)9-17-15(19)16-8-12-4-6-18(3)10-12/h4,6,10-11,13-14H,5,7-9H2,1-3H3,(H2,16,17,19)/t13-,14-/m1/s1. The fraction of sp³-hybridized carbons (Fsp3) is 0.667. The summed E-state index contributed by atoms with van der Waals surface area (Å²) in [5.41, 5.74) is 1.10. The van der Waals surface area contributed by atoms with Crippen molar-refractivity contribution < 1.29 is 9.53 Å². The molecular weight excluding hydrogens is 254 g/mol. The summed E-state index contributed by atoms with van der Waals surface area (Å²) in [7, 11) is 1.97. The number of aromatic nitrogens is 1. The molecule has 2 rings (SSSR count). The van der Waals surface area contributed by atoms with Crippen molar-refractivity contribution >= 4 is 6.03 Å². The van der Waals surface area contributed by atoms with E-state index in [9.17, 15) is 4.79 Å². The quantitative estimate of drug-likeness (QED) is 0.864. The maximum atomic E-state index is 11.8. The lowest BCUT2D eigenvalue weighted by Crippen LogP contribution is -2.40. The Labute approximate surface area is 120 Å². The maximum Gasteiger partial charge on any atom is 0.315 e. The minimum absolute atomic E-state index is 0.108. The number of carbonyl (C=O) groups is 1. The van der Waals surface area contributed by atoms with Gasteiger partial charge in [0.2, 0.25) is 0 Å². The van der Waals surface area contributed by atoms with Gasteiger partial charge < -0.3 is 19.9 Å². The van der Waals surface area contributed by atoms with Crippen LogP contribution in [0.15, 0.2) is 18.5 Å². The second kappa shape index (κ2) is 6.79. The zero-order chi connectivity index (χ0) is 14.5. The van der Waals surface area contributed by atoms with Crippen LogP contribution in [0.1, 0.15) is 25.8 Å². The lowest BCUT2D eigenvalue weighted by molar-refractivity contribution is 0.0545. The number of ether oxygens (including phenoxy) is 1. The summed E-state index contributed by atoms with van der Waals surface area (Å²) in [5, 5.41) is 5.83. The van der Waals surface area contributed by atoms with Gasteiger partial charge in [-0.05, 0) is 24.0 Å². The van der Waals surface area contributed by atoms with Gasteiger partial charge in [-0.2, -0.15) is 0 Å². The number of nitrogens with zero attached hydrogens (tertiary/aromatic N) is 1. The predicted molar refractivity (Wildman–Crippen MR) is 78.3 cm³/mol. The van der Waals surface area contributed by atoms with Gasteiger partial charge in [0.15, 0.2) is 0 Å². The zero-order valence-electron chi connectivity index (χ0n) is 12.6. The second-order valence-corrected chi connectivity index (χ2v) is 5.88. The fourth-order valence-electron chi connectivity index (χ4n) is 2.74. The van der Waals surface area contributed by atoms with Crippen molar-refractivity contribution in [2.45, 2.75) is 32.9 Å².